The van der Waals surface area contributed by atoms with Gasteiger partial charge in [-0.25, -0.2) is 8.78 Å². The molecule has 0 bridgehead atoms. The summed E-state index contributed by atoms with van der Waals surface area (Å²) >= 11 is 0. The molecule has 1 saturated heterocycles. The number of carbonyl (C=O) groups is 2. The van der Waals surface area contributed by atoms with Gasteiger partial charge in [0.05, 0.1) is 13.2 Å². The van der Waals surface area contributed by atoms with Crippen molar-refractivity contribution in [2.45, 2.75) is 18.6 Å². The van der Waals surface area contributed by atoms with Gasteiger partial charge in [-0.2, -0.15) is 0 Å². The number of aromatic nitrogens is 1. The lowest BCUT2D eigenvalue weighted by molar-refractivity contribution is 0.0246. The van der Waals surface area contributed by atoms with Crippen LogP contribution in [0, 0.1) is 11.6 Å². The molecule has 2 aliphatic heterocycles. The van der Waals surface area contributed by atoms with Gasteiger partial charge < -0.3 is 29.8 Å². The minimum Gasteiger partial charge on any atom is -0.502 e. The van der Waals surface area contributed by atoms with Gasteiger partial charge in [0.1, 0.15) is 17.2 Å². The van der Waals surface area contributed by atoms with E-state index < -0.39 is 59.9 Å². The molecule has 4 N–H and O–H groups in total. The summed E-state index contributed by atoms with van der Waals surface area (Å²) in [4.78, 5) is 59.0. The first-order valence-electron chi connectivity index (χ1n) is 10.6. The van der Waals surface area contributed by atoms with Crippen LogP contribution in [0.5, 0.6) is 5.75 Å². The number of rotatable bonds is 6. The quantitative estimate of drug-likeness (QED) is 0.402. The van der Waals surface area contributed by atoms with Crippen molar-refractivity contribution in [3.05, 3.63) is 63.1 Å². The molecule has 1 aromatic heterocycles. The van der Waals surface area contributed by atoms with Gasteiger partial charge in [0.15, 0.2) is 25.5 Å². The van der Waals surface area contributed by atoms with Crippen LogP contribution >= 0.6 is 8.38 Å². The van der Waals surface area contributed by atoms with E-state index in [1.807, 2.05) is 0 Å². The highest BCUT2D eigenvalue weighted by molar-refractivity contribution is 7.45. The van der Waals surface area contributed by atoms with E-state index in [1.54, 1.807) is 12.1 Å². The second-order valence-electron chi connectivity index (χ2n) is 8.19. The average molecular weight is 512 g/mol. The molecule has 2 aromatic rings. The lowest BCUT2D eigenvalue weighted by Gasteiger charge is -2.51. The molecule has 1 fully saturated rings. The van der Waals surface area contributed by atoms with Gasteiger partial charge in [0.25, 0.3) is 11.8 Å². The number of nitrogens with one attached hydrogen (secondary N) is 1. The lowest BCUT2D eigenvalue weighted by Crippen LogP contribution is -2.70. The van der Waals surface area contributed by atoms with Crippen molar-refractivity contribution in [1.82, 2.24) is 14.9 Å². The lowest BCUT2D eigenvalue weighted by atomic mass is 10.0. The van der Waals surface area contributed by atoms with Crippen LogP contribution in [-0.4, -0.2) is 74.9 Å². The smallest absolute Gasteiger partial charge is 0.278 e. The Hall–Kier alpha value is -3.12. The predicted molar refractivity (Wildman–Crippen MR) is 119 cm³/mol. The number of ether oxygens (including phenoxy) is 1. The Morgan fingerprint density at radius 3 is 2.66 bits per heavy atom. The molecule has 1 atom stereocenters. The van der Waals surface area contributed by atoms with Crippen LogP contribution in [0.3, 0.4) is 0 Å². The van der Waals surface area contributed by atoms with Crippen molar-refractivity contribution in [3.63, 3.8) is 0 Å². The van der Waals surface area contributed by atoms with Crippen molar-refractivity contribution < 1.29 is 38.0 Å². The fraction of sp³-hybridized carbons (Fsp3) is 0.381. The van der Waals surface area contributed by atoms with Crippen molar-refractivity contribution in [3.8, 4) is 5.75 Å². The Balaban J connectivity index is 1.70. The molecular weight excluding hydrogens is 489 g/mol. The molecule has 35 heavy (non-hydrogen) atoms. The number of likely N-dealkylation sites (N-methyl/N-ethyl adjacent to an activating group) is 1. The zero-order chi connectivity index (χ0) is 25.5. The summed E-state index contributed by atoms with van der Waals surface area (Å²) in [5.41, 5.74) is -3.07. The highest BCUT2D eigenvalue weighted by atomic mass is 31.2. The molecule has 1 aromatic carbocycles. The Kier molecular flexibility index (Phi) is 6.78. The molecule has 0 aliphatic carbocycles. The van der Waals surface area contributed by atoms with Crippen LogP contribution in [0.4, 0.5) is 8.78 Å². The third kappa shape index (κ3) is 4.36. The van der Waals surface area contributed by atoms with E-state index in [2.05, 4.69) is 5.32 Å². The van der Waals surface area contributed by atoms with Crippen LogP contribution in [0.1, 0.15) is 32.8 Å². The van der Waals surface area contributed by atoms with Gasteiger partial charge in [-0.3, -0.25) is 24.1 Å². The molecule has 14 heteroatoms. The minimum absolute atomic E-state index is 0.0141. The van der Waals surface area contributed by atoms with Crippen molar-refractivity contribution >= 4 is 20.2 Å². The van der Waals surface area contributed by atoms with Crippen LogP contribution in [0.2, 0.25) is 0 Å². The van der Waals surface area contributed by atoms with Crippen molar-refractivity contribution in [1.29, 1.82) is 0 Å². The number of aromatic hydroxyl groups is 1. The third-order valence-corrected chi connectivity index (χ3v) is 6.84. The highest BCUT2D eigenvalue weighted by Crippen LogP contribution is 2.37. The second kappa shape index (κ2) is 9.50. The number of nitrogens with zero attached hydrogens (tertiary/aromatic N) is 3. The maximum Gasteiger partial charge on any atom is 0.278 e. The maximum atomic E-state index is 13.9. The number of fused-ring (bicyclic) bond motifs is 1. The first kappa shape index (κ1) is 25.0. The fourth-order valence-corrected chi connectivity index (χ4v) is 4.70. The summed E-state index contributed by atoms with van der Waals surface area (Å²) in [5.74, 6) is -4.29. The van der Waals surface area contributed by atoms with E-state index in [9.17, 15) is 38.1 Å². The summed E-state index contributed by atoms with van der Waals surface area (Å²) < 4.78 is 33.7. The number of pyridine rings is 1. The first-order chi connectivity index (χ1) is 16.6. The largest absolute Gasteiger partial charge is 0.502 e. The van der Waals surface area contributed by atoms with Crippen molar-refractivity contribution in [2.24, 2.45) is 0 Å². The molecule has 4 rings (SSSR count). The topological polar surface area (TPSA) is 145 Å². The van der Waals surface area contributed by atoms with Gasteiger partial charge >= 0.3 is 0 Å². The van der Waals surface area contributed by atoms with Gasteiger partial charge in [-0.05, 0) is 6.07 Å². The molecule has 2 aliphatic rings. The van der Waals surface area contributed by atoms with Gasteiger partial charge in [0.2, 0.25) is 5.43 Å². The number of hydrogen-bond donors (Lipinski definition) is 4. The molecular formula is C21H23F2N4O7P. The Morgan fingerprint density at radius 1 is 1.29 bits per heavy atom. The number of carbonyl (C=O) groups excluding carboxylic acids is 2. The SMILES string of the molecule is CN1n2cc(C(=O)NCc3ccc(F)cc3F)c(=O)c(O)c2C(=O)N(CCP(O)O)C12CCOC2. The Labute approximate surface area is 199 Å². The molecule has 1 unspecified atom stereocenters. The summed E-state index contributed by atoms with van der Waals surface area (Å²) in [5, 5.41) is 14.5. The first-order valence-corrected chi connectivity index (χ1v) is 12.0. The van der Waals surface area contributed by atoms with E-state index in [1.165, 1.54) is 9.58 Å². The second-order valence-corrected chi connectivity index (χ2v) is 9.39. The normalized spacial score (nSPS) is 19.5. The number of amides is 2. The molecule has 0 saturated carbocycles. The molecule has 188 valence electrons. The maximum absolute atomic E-state index is 13.9. The standard InChI is InChI=1S/C21H23F2N4O7P/c1-25-21(4-6-34-11-21)26(5-7-35(32)33)20(31)16-18(29)17(28)14(10-27(16)25)19(30)24-9-12-2-3-13(22)8-15(12)23/h2-3,8,10,29,32-33H,4-7,9,11H2,1H3,(H,24,30). The van der Waals surface area contributed by atoms with Crippen LogP contribution in [0.25, 0.3) is 0 Å². The van der Waals surface area contributed by atoms with E-state index in [0.29, 0.717) is 19.1 Å². The van der Waals surface area contributed by atoms with Crippen LogP contribution in [-0.2, 0) is 11.3 Å². The molecule has 11 nitrogen and oxygen atoms in total. The fourth-order valence-electron chi connectivity index (χ4n) is 4.33. The summed E-state index contributed by atoms with van der Waals surface area (Å²) in [6.07, 6.45) is 1.35. The van der Waals surface area contributed by atoms with Crippen molar-refractivity contribution in [2.75, 3.05) is 38.0 Å². The monoisotopic (exact) mass is 512 g/mol. The van der Waals surface area contributed by atoms with Crippen LogP contribution in [0.15, 0.2) is 29.2 Å². The van der Waals surface area contributed by atoms with E-state index in [0.717, 1.165) is 18.3 Å². The van der Waals surface area contributed by atoms with Gasteiger partial charge in [0, 0.05) is 50.5 Å². The average Bonchev–Trinajstić information content (AvgIpc) is 3.29. The van der Waals surface area contributed by atoms with Crippen LogP contribution < -0.4 is 15.8 Å². The highest BCUT2D eigenvalue weighted by Gasteiger charge is 2.52. The Bertz CT molecular complexity index is 1230. The minimum atomic E-state index is -2.30. The van der Waals surface area contributed by atoms with Gasteiger partial charge in [-0.1, -0.05) is 6.07 Å². The van der Waals surface area contributed by atoms with Gasteiger partial charge in [-0.15, -0.1) is 0 Å². The summed E-state index contributed by atoms with van der Waals surface area (Å²) in [6.45, 7) is -0.0379. The summed E-state index contributed by atoms with van der Waals surface area (Å²) in [7, 11) is -0.716. The summed E-state index contributed by atoms with van der Waals surface area (Å²) in [6, 6.07) is 2.84. The molecule has 1 spiro atoms. The molecule has 0 radical (unpaired) electrons. The zero-order valence-corrected chi connectivity index (χ0v) is 19.5. The number of hydrogen-bond acceptors (Lipinski definition) is 8. The molecule has 2 amide bonds. The number of benzene rings is 1. The number of halogens is 2. The zero-order valence-electron chi connectivity index (χ0n) is 18.6. The molecule has 3 heterocycles. The van der Waals surface area contributed by atoms with E-state index >= 15 is 0 Å². The predicted octanol–water partition coefficient (Wildman–Crippen LogP) is 0.199. The van der Waals surface area contributed by atoms with E-state index in [4.69, 9.17) is 4.74 Å². The Morgan fingerprint density at radius 2 is 2.03 bits per heavy atom. The van der Waals surface area contributed by atoms with E-state index in [-0.39, 0.29) is 31.4 Å². The third-order valence-electron chi connectivity index (χ3n) is 6.24.